The first-order chi connectivity index (χ1) is 14.4. The largest absolute Gasteiger partial charge is 0.489 e. The second-order valence-corrected chi connectivity index (χ2v) is 9.93. The van der Waals surface area contributed by atoms with Crippen LogP contribution in [0, 0.1) is 0 Å². The molecule has 0 unspecified atom stereocenters. The number of piperidine rings is 1. The van der Waals surface area contributed by atoms with Crippen LogP contribution in [0.15, 0.2) is 53.7 Å². The Morgan fingerprint density at radius 3 is 2.63 bits per heavy atom. The van der Waals surface area contributed by atoms with Crippen LogP contribution in [0.5, 0.6) is 5.75 Å². The van der Waals surface area contributed by atoms with Gasteiger partial charge in [0.05, 0.1) is 17.3 Å². The third-order valence-corrected chi connectivity index (χ3v) is 6.26. The molecule has 2 aromatic heterocycles. The van der Waals surface area contributed by atoms with Crippen molar-refractivity contribution in [3.05, 3.63) is 48.8 Å². The Balaban J connectivity index is 1.39. The number of β-amino-alcohol motifs (C(OH)–C–C–N with tert-alkyl or cyclic N) is 1. The second-order valence-electron chi connectivity index (χ2n) is 8.60. The van der Waals surface area contributed by atoms with Gasteiger partial charge in [0.15, 0.2) is 0 Å². The van der Waals surface area contributed by atoms with E-state index >= 15 is 0 Å². The summed E-state index contributed by atoms with van der Waals surface area (Å²) in [5.41, 5.74) is 0.516. The van der Waals surface area contributed by atoms with Crippen molar-refractivity contribution >= 4 is 22.7 Å². The maximum Gasteiger partial charge on any atom is 0.138 e. The zero-order chi connectivity index (χ0) is 21.1. The lowest BCUT2D eigenvalue weighted by Gasteiger charge is -2.35. The fourth-order valence-corrected chi connectivity index (χ4v) is 4.79. The average Bonchev–Trinajstić information content (AvgIpc) is 3.12. The summed E-state index contributed by atoms with van der Waals surface area (Å²) >= 11 is 1.86. The van der Waals surface area contributed by atoms with E-state index in [1.165, 1.54) is 10.3 Å². The van der Waals surface area contributed by atoms with Crippen LogP contribution >= 0.6 is 11.8 Å². The van der Waals surface area contributed by atoms with E-state index in [1.807, 2.05) is 43.9 Å². The Labute approximate surface area is 183 Å². The van der Waals surface area contributed by atoms with E-state index in [9.17, 15) is 5.11 Å². The number of aliphatic hydroxyl groups is 1. The maximum atomic E-state index is 9.99. The van der Waals surface area contributed by atoms with Gasteiger partial charge in [-0.15, -0.1) is 11.8 Å². The van der Waals surface area contributed by atoms with Crippen LogP contribution in [0.3, 0.4) is 0 Å². The summed E-state index contributed by atoms with van der Waals surface area (Å²) in [6.07, 6.45) is 6.05. The lowest BCUT2D eigenvalue weighted by Crippen LogP contribution is -2.45. The number of ether oxygens (including phenoxy) is 1. The van der Waals surface area contributed by atoms with Crippen LogP contribution in [-0.4, -0.2) is 56.6 Å². The molecule has 1 aliphatic heterocycles. The molecule has 0 radical (unpaired) electrons. The number of hydrogen-bond acceptors (Lipinski definition) is 5. The summed E-state index contributed by atoms with van der Waals surface area (Å²) in [5, 5.41) is 11.2. The first kappa shape index (κ1) is 21.2. The summed E-state index contributed by atoms with van der Waals surface area (Å²) in [7, 11) is 0. The molecule has 3 aromatic rings. The fourth-order valence-electron chi connectivity index (χ4n) is 4.09. The SMILES string of the molecule is CCSc1ccc2c(ccn2-c2ccc(OC3CCN(CC(C)(C)O)CC3)cn2)c1. The van der Waals surface area contributed by atoms with Crippen LogP contribution in [-0.2, 0) is 0 Å². The number of hydrogen-bond donors (Lipinski definition) is 1. The Morgan fingerprint density at radius 2 is 1.97 bits per heavy atom. The highest BCUT2D eigenvalue weighted by molar-refractivity contribution is 7.99. The molecular weight excluding hydrogens is 394 g/mol. The minimum absolute atomic E-state index is 0.206. The zero-order valence-electron chi connectivity index (χ0n) is 18.0. The first-order valence-electron chi connectivity index (χ1n) is 10.7. The predicted molar refractivity (Wildman–Crippen MR) is 124 cm³/mol. The zero-order valence-corrected chi connectivity index (χ0v) is 18.9. The van der Waals surface area contributed by atoms with Gasteiger partial charge in [-0.1, -0.05) is 6.92 Å². The highest BCUT2D eigenvalue weighted by Crippen LogP contribution is 2.27. The molecule has 30 heavy (non-hydrogen) atoms. The molecule has 0 atom stereocenters. The summed E-state index contributed by atoms with van der Waals surface area (Å²) in [4.78, 5) is 8.26. The van der Waals surface area contributed by atoms with Gasteiger partial charge in [-0.2, -0.15) is 0 Å². The van der Waals surface area contributed by atoms with Crippen LogP contribution in [0.4, 0.5) is 0 Å². The van der Waals surface area contributed by atoms with E-state index in [2.05, 4.69) is 51.8 Å². The molecule has 4 rings (SSSR count). The van der Waals surface area contributed by atoms with Crippen LogP contribution in [0.25, 0.3) is 16.7 Å². The van der Waals surface area contributed by atoms with Crippen LogP contribution in [0.2, 0.25) is 0 Å². The molecule has 0 saturated carbocycles. The van der Waals surface area contributed by atoms with Crippen molar-refractivity contribution in [2.45, 2.75) is 50.2 Å². The molecule has 0 bridgehead atoms. The van der Waals surface area contributed by atoms with E-state index in [0.29, 0.717) is 6.54 Å². The van der Waals surface area contributed by atoms with Gasteiger partial charge in [0.25, 0.3) is 0 Å². The van der Waals surface area contributed by atoms with Crippen molar-refractivity contribution in [1.82, 2.24) is 14.5 Å². The Bertz CT molecular complexity index is 970. The molecule has 5 nitrogen and oxygen atoms in total. The number of benzene rings is 1. The smallest absolute Gasteiger partial charge is 0.138 e. The number of likely N-dealkylation sites (tertiary alicyclic amines) is 1. The van der Waals surface area contributed by atoms with Crippen molar-refractivity contribution in [1.29, 1.82) is 0 Å². The molecule has 6 heteroatoms. The van der Waals surface area contributed by atoms with Gasteiger partial charge in [-0.3, -0.25) is 0 Å². The molecular formula is C24H31N3O2S. The van der Waals surface area contributed by atoms with E-state index in [-0.39, 0.29) is 6.10 Å². The van der Waals surface area contributed by atoms with Gasteiger partial charge in [0.2, 0.25) is 0 Å². The molecule has 1 fully saturated rings. The molecule has 0 aliphatic carbocycles. The highest BCUT2D eigenvalue weighted by atomic mass is 32.2. The second kappa shape index (κ2) is 9.00. The van der Waals surface area contributed by atoms with Crippen molar-refractivity contribution in [3.8, 4) is 11.6 Å². The molecule has 1 N–H and O–H groups in total. The van der Waals surface area contributed by atoms with E-state index in [4.69, 9.17) is 4.74 Å². The quantitative estimate of drug-likeness (QED) is 0.554. The van der Waals surface area contributed by atoms with E-state index in [1.54, 1.807) is 0 Å². The number of fused-ring (bicyclic) bond motifs is 1. The van der Waals surface area contributed by atoms with Gasteiger partial charge in [0.1, 0.15) is 17.7 Å². The van der Waals surface area contributed by atoms with Gasteiger partial charge >= 0.3 is 0 Å². The van der Waals surface area contributed by atoms with Crippen molar-refractivity contribution < 1.29 is 9.84 Å². The maximum absolute atomic E-state index is 9.99. The standard InChI is InChI=1S/C24H31N3O2S/c1-4-30-21-6-7-22-18(15-21)9-14-27(22)23-8-5-20(16-25-23)29-19-10-12-26(13-11-19)17-24(2,3)28/h5-9,14-16,19,28H,4,10-13,17H2,1-3H3. The molecule has 0 amide bonds. The number of rotatable bonds is 7. The molecule has 1 saturated heterocycles. The van der Waals surface area contributed by atoms with Gasteiger partial charge in [-0.25, -0.2) is 4.98 Å². The third-order valence-electron chi connectivity index (χ3n) is 5.39. The van der Waals surface area contributed by atoms with Crippen molar-refractivity contribution in [3.63, 3.8) is 0 Å². The van der Waals surface area contributed by atoms with Crippen molar-refractivity contribution in [2.24, 2.45) is 0 Å². The van der Waals surface area contributed by atoms with E-state index in [0.717, 1.165) is 48.8 Å². The molecule has 0 spiro atoms. The minimum atomic E-state index is -0.646. The lowest BCUT2D eigenvalue weighted by molar-refractivity contribution is 0.0140. The number of thioether (sulfide) groups is 1. The Morgan fingerprint density at radius 1 is 1.17 bits per heavy atom. The Kier molecular flexibility index (Phi) is 6.37. The predicted octanol–water partition coefficient (Wildman–Crippen LogP) is 4.75. The monoisotopic (exact) mass is 425 g/mol. The number of nitrogens with zero attached hydrogens (tertiary/aromatic N) is 3. The lowest BCUT2D eigenvalue weighted by atomic mass is 10.0. The van der Waals surface area contributed by atoms with Crippen molar-refractivity contribution in [2.75, 3.05) is 25.4 Å². The summed E-state index contributed by atoms with van der Waals surface area (Å²) < 4.78 is 8.29. The number of pyridine rings is 1. The summed E-state index contributed by atoms with van der Waals surface area (Å²) in [6.45, 7) is 8.51. The molecule has 3 heterocycles. The van der Waals surface area contributed by atoms with Crippen LogP contribution < -0.4 is 4.74 Å². The topological polar surface area (TPSA) is 50.5 Å². The molecule has 1 aromatic carbocycles. The number of aromatic nitrogens is 2. The Hall–Kier alpha value is -2.02. The third kappa shape index (κ3) is 5.17. The average molecular weight is 426 g/mol. The molecule has 1 aliphatic rings. The van der Waals surface area contributed by atoms with Crippen LogP contribution in [0.1, 0.15) is 33.6 Å². The highest BCUT2D eigenvalue weighted by Gasteiger charge is 2.24. The molecule has 160 valence electrons. The van der Waals surface area contributed by atoms with E-state index < -0.39 is 5.60 Å². The van der Waals surface area contributed by atoms with Gasteiger partial charge in [0, 0.05) is 36.1 Å². The normalized spacial score (nSPS) is 16.3. The fraction of sp³-hybridized carbons (Fsp3) is 0.458. The summed E-state index contributed by atoms with van der Waals surface area (Å²) in [5.74, 6) is 2.79. The summed E-state index contributed by atoms with van der Waals surface area (Å²) in [6, 6.07) is 12.8. The van der Waals surface area contributed by atoms with Gasteiger partial charge in [-0.05, 0) is 68.8 Å². The minimum Gasteiger partial charge on any atom is -0.489 e. The first-order valence-corrected chi connectivity index (χ1v) is 11.7. The van der Waals surface area contributed by atoms with Gasteiger partial charge < -0.3 is 19.3 Å².